The van der Waals surface area contributed by atoms with Crippen molar-refractivity contribution >= 4 is 65.0 Å². The van der Waals surface area contributed by atoms with Gasteiger partial charge in [0, 0.05) is 25.8 Å². The number of hydrogen-bond acceptors (Lipinski definition) is 13. The molecule has 23 nitrogen and oxygen atoms in total. The lowest BCUT2D eigenvalue weighted by Gasteiger charge is -2.33. The van der Waals surface area contributed by atoms with Crippen LogP contribution in [0.15, 0.2) is 54.6 Å². The Kier molecular flexibility index (Phi) is 23.8. The van der Waals surface area contributed by atoms with Gasteiger partial charge in [0.25, 0.3) is 11.8 Å². The molecule has 70 heavy (non-hydrogen) atoms. The molecule has 0 fully saturated rings. The molecule has 0 saturated heterocycles. The summed E-state index contributed by atoms with van der Waals surface area (Å²) in [6.07, 6.45) is -4.22. The Morgan fingerprint density at radius 2 is 1.20 bits per heavy atom. The molecule has 7 amide bonds. The van der Waals surface area contributed by atoms with Crippen LogP contribution < -0.4 is 42.8 Å². The highest BCUT2D eigenvalue weighted by Gasteiger charge is 2.38. The number of nitriles is 1. The first-order valence-corrected chi connectivity index (χ1v) is 22.3. The van der Waals surface area contributed by atoms with Crippen molar-refractivity contribution in [1.29, 1.82) is 5.26 Å². The van der Waals surface area contributed by atoms with E-state index in [9.17, 15) is 68.2 Å². The van der Waals surface area contributed by atoms with Crippen LogP contribution in [0.4, 0.5) is 0 Å². The number of ketones is 1. The summed E-state index contributed by atoms with van der Waals surface area (Å²) in [5.74, 6) is -12.5. The van der Waals surface area contributed by atoms with Crippen LogP contribution in [0, 0.1) is 29.6 Å². The zero-order chi connectivity index (χ0) is 52.7. The second-order valence-electron chi connectivity index (χ2n) is 17.9. The van der Waals surface area contributed by atoms with E-state index >= 15 is 0 Å². The highest BCUT2D eigenvalue weighted by molar-refractivity contribution is 6.38. The number of carboxylic acid groups (broad SMARTS) is 3. The van der Waals surface area contributed by atoms with Gasteiger partial charge in [-0.2, -0.15) is 5.26 Å². The predicted octanol–water partition coefficient (Wildman–Crippen LogP) is 0.0466. The summed E-state index contributed by atoms with van der Waals surface area (Å²) < 4.78 is 0. The zero-order valence-corrected chi connectivity index (χ0v) is 39.9. The minimum Gasteiger partial charge on any atom is -0.481 e. The van der Waals surface area contributed by atoms with Crippen molar-refractivity contribution < 1.29 is 68.1 Å². The molecule has 2 aromatic carbocycles. The molecular weight excluding hydrogens is 915 g/mol. The van der Waals surface area contributed by atoms with E-state index in [0.29, 0.717) is 16.7 Å². The Morgan fingerprint density at radius 3 is 1.77 bits per heavy atom. The normalized spacial score (nSPS) is 13.6. The first kappa shape index (κ1) is 58.4. The van der Waals surface area contributed by atoms with Crippen LogP contribution in [-0.2, 0) is 65.7 Å². The number of nitrogens with zero attached hydrogens (tertiary/aromatic N) is 1. The third-order valence-corrected chi connectivity index (χ3v) is 10.5. The summed E-state index contributed by atoms with van der Waals surface area (Å²) >= 11 is 0. The van der Waals surface area contributed by atoms with Gasteiger partial charge in [-0.3, -0.25) is 58.2 Å². The number of amides is 7. The maximum Gasteiger partial charge on any atom is 0.305 e. The number of Topliss-reactive ketones (excluding diaryl/α,β-unsaturated/α-hetero) is 1. The molecule has 6 atom stereocenters. The van der Waals surface area contributed by atoms with Crippen molar-refractivity contribution in [2.75, 3.05) is 0 Å². The molecule has 11 N–H and O–H groups in total. The van der Waals surface area contributed by atoms with E-state index in [1.165, 1.54) is 0 Å². The number of aliphatic carboxylic acids is 3. The molecule has 0 aromatic heterocycles. The van der Waals surface area contributed by atoms with Gasteiger partial charge in [0.2, 0.25) is 35.3 Å². The fourth-order valence-corrected chi connectivity index (χ4v) is 6.67. The molecule has 0 radical (unpaired) electrons. The summed E-state index contributed by atoms with van der Waals surface area (Å²) in [5, 5.41) is 51.9. The monoisotopic (exact) mass is 977 g/mol. The van der Waals surface area contributed by atoms with E-state index in [2.05, 4.69) is 42.8 Å². The number of carbonyl (C=O) groups is 11. The molecular formula is C47H63N9O14. The van der Waals surface area contributed by atoms with Crippen molar-refractivity contribution in [1.82, 2.24) is 42.8 Å². The summed E-state index contributed by atoms with van der Waals surface area (Å²) in [5.41, 5.74) is 5.62. The molecule has 23 heteroatoms. The van der Waals surface area contributed by atoms with Gasteiger partial charge in [-0.05, 0) is 47.8 Å². The quantitative estimate of drug-likeness (QED) is 0.0379. The summed E-state index contributed by atoms with van der Waals surface area (Å²) in [6, 6.07) is 8.02. The smallest absolute Gasteiger partial charge is 0.305 e. The zero-order valence-electron chi connectivity index (χ0n) is 39.9. The average molecular weight is 978 g/mol. The number of benzene rings is 2. The summed E-state index contributed by atoms with van der Waals surface area (Å²) in [4.78, 5) is 142. The van der Waals surface area contributed by atoms with Gasteiger partial charge in [0.15, 0.2) is 0 Å². The highest BCUT2D eigenvalue weighted by Crippen LogP contribution is 2.21. The van der Waals surface area contributed by atoms with Crippen LogP contribution >= 0.6 is 0 Å². The van der Waals surface area contributed by atoms with E-state index in [-0.39, 0.29) is 25.3 Å². The Morgan fingerprint density at radius 1 is 0.629 bits per heavy atom. The van der Waals surface area contributed by atoms with Gasteiger partial charge in [-0.15, -0.1) is 0 Å². The van der Waals surface area contributed by atoms with E-state index in [1.54, 1.807) is 102 Å². The lowest BCUT2D eigenvalue weighted by Crippen LogP contribution is -2.62. The standard InChI is InChI=1S/C47H63N9O14/c1-26(2)22-32(44(68)56-55-30(20-21-48)39(64)45(69)49-25-28-13-8-7-9-14-28)53-46(70)40(47(4,5)6)54-43(67)33(23-29-15-11-10-12-27(29)3)52-41(65)31(16-18-36(58)59)51-42(66)34(24-38(62)63)50-35(57)17-19-37(60)61/h7-15,26,30-34,40,55H,16-20,22-25H2,1-6H3,(H,49,69)(H,50,57)(H,51,66)(H,52,65)(H,53,70)(H,54,67)(H,56,68)(H,58,59)(H,60,61)(H,62,63)/t30?,31-,32-,33-,34-,40+/m0/s1. The van der Waals surface area contributed by atoms with Crippen LogP contribution in [0.5, 0.6) is 0 Å². The molecule has 2 rings (SSSR count). The minimum absolute atomic E-state index is 0.0219. The number of carboxylic acids is 3. The van der Waals surface area contributed by atoms with Gasteiger partial charge in [-0.1, -0.05) is 89.2 Å². The molecule has 380 valence electrons. The molecule has 0 spiro atoms. The number of nitrogens with one attached hydrogen (secondary N) is 8. The fraction of sp³-hybridized carbons (Fsp3) is 0.489. The van der Waals surface area contributed by atoms with Crippen LogP contribution in [0.2, 0.25) is 0 Å². The van der Waals surface area contributed by atoms with E-state index in [0.717, 1.165) is 0 Å². The highest BCUT2D eigenvalue weighted by atomic mass is 16.4. The molecule has 0 heterocycles. The topological polar surface area (TPSA) is 368 Å². The van der Waals surface area contributed by atoms with E-state index < -0.39 is 145 Å². The number of rotatable bonds is 29. The SMILES string of the molecule is Cc1ccccc1C[C@H](NC(=O)[C@H](CCC(=O)O)NC(=O)[C@H](CC(=O)O)NC(=O)CCC(=O)O)C(=O)N[C@H](C(=O)N[C@@H](CC(C)C)C(=O)NNC(CC#N)C(=O)C(=O)NCc1ccccc1)C(C)(C)C. The molecule has 1 unspecified atom stereocenters. The maximum absolute atomic E-state index is 14.4. The third kappa shape index (κ3) is 21.1. The first-order valence-electron chi connectivity index (χ1n) is 22.3. The van der Waals surface area contributed by atoms with E-state index in [1.807, 2.05) is 0 Å². The second kappa shape index (κ2) is 28.6. The van der Waals surface area contributed by atoms with Gasteiger partial charge < -0.3 is 47.2 Å². The van der Waals surface area contributed by atoms with Crippen LogP contribution in [0.25, 0.3) is 0 Å². The van der Waals surface area contributed by atoms with Crippen molar-refractivity contribution in [3.05, 3.63) is 71.3 Å². The first-order chi connectivity index (χ1) is 32.8. The number of aryl methyl sites for hydroxylation is 1. The number of hydrogen-bond donors (Lipinski definition) is 11. The van der Waals surface area contributed by atoms with Crippen molar-refractivity contribution in [3.8, 4) is 6.07 Å². The van der Waals surface area contributed by atoms with Gasteiger partial charge in [0.05, 0.1) is 25.3 Å². The lowest BCUT2D eigenvalue weighted by atomic mass is 9.85. The van der Waals surface area contributed by atoms with Crippen molar-refractivity contribution in [2.45, 2.75) is 136 Å². The van der Waals surface area contributed by atoms with Crippen LogP contribution in [0.3, 0.4) is 0 Å². The maximum atomic E-state index is 14.4. The number of carbonyl (C=O) groups excluding carboxylic acids is 8. The van der Waals surface area contributed by atoms with Crippen molar-refractivity contribution in [2.24, 2.45) is 11.3 Å². The molecule has 0 aliphatic carbocycles. The van der Waals surface area contributed by atoms with Gasteiger partial charge >= 0.3 is 17.9 Å². The molecule has 0 aliphatic heterocycles. The largest absolute Gasteiger partial charge is 0.481 e. The second-order valence-corrected chi connectivity index (χ2v) is 17.9. The lowest BCUT2D eigenvalue weighted by molar-refractivity contribution is -0.142. The van der Waals surface area contributed by atoms with Gasteiger partial charge in [-0.25, -0.2) is 5.43 Å². The van der Waals surface area contributed by atoms with Crippen molar-refractivity contribution in [3.63, 3.8) is 0 Å². The third-order valence-electron chi connectivity index (χ3n) is 10.5. The molecule has 0 bridgehead atoms. The Hall–Kier alpha value is -7.74. The molecule has 2 aromatic rings. The fourth-order valence-electron chi connectivity index (χ4n) is 6.67. The summed E-state index contributed by atoms with van der Waals surface area (Å²) in [7, 11) is 0. The minimum atomic E-state index is -1.83. The van der Waals surface area contributed by atoms with E-state index in [4.69, 9.17) is 5.11 Å². The predicted molar refractivity (Wildman–Crippen MR) is 248 cm³/mol. The van der Waals surface area contributed by atoms with Gasteiger partial charge in [0.1, 0.15) is 36.3 Å². The number of hydrazine groups is 1. The van der Waals surface area contributed by atoms with Crippen LogP contribution in [-0.4, -0.2) is 117 Å². The average Bonchev–Trinajstić information content (AvgIpc) is 3.28. The summed E-state index contributed by atoms with van der Waals surface area (Å²) in [6.45, 7) is 10.1. The van der Waals surface area contributed by atoms with Crippen LogP contribution in [0.1, 0.15) is 96.3 Å². The Labute approximate surface area is 404 Å². The Balaban J connectivity index is 2.41. The Bertz CT molecular complexity index is 2260. The molecule has 0 saturated carbocycles. The molecule has 0 aliphatic rings.